The number of hydrogen-bond acceptors (Lipinski definition) is 4. The van der Waals surface area contributed by atoms with Crippen molar-refractivity contribution in [3.63, 3.8) is 0 Å². The molecule has 0 amide bonds. The normalized spacial score (nSPS) is 10.8. The van der Waals surface area contributed by atoms with Crippen molar-refractivity contribution in [2.75, 3.05) is 0 Å². The molecule has 0 radical (unpaired) electrons. The minimum atomic E-state index is 0.330. The Morgan fingerprint density at radius 3 is 3.08 bits per heavy atom. The second-order valence-corrected chi connectivity index (χ2v) is 2.98. The molecule has 12 heavy (non-hydrogen) atoms. The molecule has 2 aromatic rings. The van der Waals surface area contributed by atoms with Crippen LogP contribution in [0, 0.1) is 0 Å². The molecule has 0 fully saturated rings. The lowest BCUT2D eigenvalue weighted by atomic mass is 10.3. The number of aromatic nitrogens is 1. The monoisotopic (exact) mass is 180 g/mol. The summed E-state index contributed by atoms with van der Waals surface area (Å²) >= 11 is 4.19. The second-order valence-electron chi connectivity index (χ2n) is 2.46. The molecule has 1 aromatic carbocycles. The molecule has 62 valence electrons. The Morgan fingerprint density at radius 2 is 2.33 bits per heavy atom. The van der Waals surface area contributed by atoms with E-state index in [2.05, 4.69) is 17.6 Å². The van der Waals surface area contributed by atoms with Gasteiger partial charge in [0.15, 0.2) is 5.58 Å². The summed E-state index contributed by atoms with van der Waals surface area (Å²) in [5.74, 6) is 0.559. The van der Waals surface area contributed by atoms with Gasteiger partial charge in [-0.15, -0.1) is 12.6 Å². The molecule has 0 spiro atoms. The first kappa shape index (κ1) is 7.64. The van der Waals surface area contributed by atoms with Crippen LogP contribution in [0.15, 0.2) is 27.5 Å². The van der Waals surface area contributed by atoms with E-state index in [0.29, 0.717) is 12.4 Å². The number of hydrogen-bond donors (Lipinski definition) is 2. The summed E-state index contributed by atoms with van der Waals surface area (Å²) in [5.41, 5.74) is 6.94. The van der Waals surface area contributed by atoms with Gasteiger partial charge >= 0.3 is 0 Å². The second kappa shape index (κ2) is 2.80. The third kappa shape index (κ3) is 1.19. The molecule has 0 saturated heterocycles. The number of nitrogens with zero attached hydrogens (tertiary/aromatic N) is 1. The minimum Gasteiger partial charge on any atom is -0.439 e. The van der Waals surface area contributed by atoms with Gasteiger partial charge in [-0.1, -0.05) is 0 Å². The Balaban J connectivity index is 2.67. The van der Waals surface area contributed by atoms with Crippen LogP contribution in [0.5, 0.6) is 0 Å². The van der Waals surface area contributed by atoms with E-state index in [0.717, 1.165) is 16.0 Å². The fourth-order valence-electron chi connectivity index (χ4n) is 1.05. The van der Waals surface area contributed by atoms with Crippen molar-refractivity contribution in [3.8, 4) is 0 Å². The van der Waals surface area contributed by atoms with Gasteiger partial charge in [-0.2, -0.15) is 0 Å². The largest absolute Gasteiger partial charge is 0.439 e. The van der Waals surface area contributed by atoms with Crippen LogP contribution in [0.4, 0.5) is 0 Å². The number of fused-ring (bicyclic) bond motifs is 1. The van der Waals surface area contributed by atoms with Crippen molar-refractivity contribution < 1.29 is 4.42 Å². The van der Waals surface area contributed by atoms with Gasteiger partial charge in [0.25, 0.3) is 0 Å². The SMILES string of the molecule is NCc1nc2cc(S)ccc2o1. The van der Waals surface area contributed by atoms with E-state index in [1.807, 2.05) is 18.2 Å². The molecule has 3 nitrogen and oxygen atoms in total. The number of benzene rings is 1. The van der Waals surface area contributed by atoms with Gasteiger partial charge < -0.3 is 10.2 Å². The molecule has 0 aliphatic carbocycles. The predicted octanol–water partition coefficient (Wildman–Crippen LogP) is 1.58. The van der Waals surface area contributed by atoms with Crippen molar-refractivity contribution >= 4 is 23.7 Å². The van der Waals surface area contributed by atoms with Crippen LogP contribution < -0.4 is 5.73 Å². The fraction of sp³-hybridized carbons (Fsp3) is 0.125. The molecular weight excluding hydrogens is 172 g/mol. The summed E-state index contributed by atoms with van der Waals surface area (Å²) in [6.07, 6.45) is 0. The Morgan fingerprint density at radius 1 is 1.50 bits per heavy atom. The third-order valence-electron chi connectivity index (χ3n) is 1.59. The molecule has 0 atom stereocenters. The van der Waals surface area contributed by atoms with Crippen molar-refractivity contribution in [1.29, 1.82) is 0 Å². The average Bonchev–Trinajstić information content (AvgIpc) is 2.46. The quantitative estimate of drug-likeness (QED) is 0.655. The Hall–Kier alpha value is -1.00. The molecule has 4 heteroatoms. The number of thiol groups is 1. The zero-order valence-corrected chi connectivity index (χ0v) is 7.21. The first-order valence-corrected chi connectivity index (χ1v) is 4.03. The van der Waals surface area contributed by atoms with Crippen molar-refractivity contribution in [1.82, 2.24) is 4.98 Å². The molecule has 1 heterocycles. The van der Waals surface area contributed by atoms with Gasteiger partial charge in [-0.25, -0.2) is 4.98 Å². The molecule has 1 aromatic heterocycles. The number of rotatable bonds is 1. The smallest absolute Gasteiger partial charge is 0.209 e. The lowest BCUT2D eigenvalue weighted by Crippen LogP contribution is -1.94. The van der Waals surface area contributed by atoms with E-state index in [1.54, 1.807) is 0 Å². The molecule has 2 N–H and O–H groups in total. The standard InChI is InChI=1S/C8H8N2OS/c9-4-8-10-6-3-5(12)1-2-7(6)11-8/h1-3,12H,4,9H2. The van der Waals surface area contributed by atoms with Gasteiger partial charge in [0.05, 0.1) is 6.54 Å². The van der Waals surface area contributed by atoms with E-state index in [-0.39, 0.29) is 0 Å². The first-order valence-electron chi connectivity index (χ1n) is 3.58. The highest BCUT2D eigenvalue weighted by molar-refractivity contribution is 7.80. The van der Waals surface area contributed by atoms with Crippen LogP contribution in [0.2, 0.25) is 0 Å². The molecule has 0 aliphatic heterocycles. The zero-order valence-electron chi connectivity index (χ0n) is 6.32. The Labute approximate surface area is 75.0 Å². The lowest BCUT2D eigenvalue weighted by molar-refractivity contribution is 0.533. The van der Waals surface area contributed by atoms with Gasteiger partial charge in [0, 0.05) is 4.90 Å². The van der Waals surface area contributed by atoms with E-state index < -0.39 is 0 Å². The zero-order chi connectivity index (χ0) is 8.55. The predicted molar refractivity (Wildman–Crippen MR) is 49.2 cm³/mol. The summed E-state index contributed by atoms with van der Waals surface area (Å²) in [5, 5.41) is 0. The van der Waals surface area contributed by atoms with Crippen LogP contribution in [0.3, 0.4) is 0 Å². The van der Waals surface area contributed by atoms with Crippen molar-refractivity contribution in [3.05, 3.63) is 24.1 Å². The molecule has 2 rings (SSSR count). The van der Waals surface area contributed by atoms with Crippen molar-refractivity contribution in [2.45, 2.75) is 11.4 Å². The molecule has 0 aliphatic rings. The minimum absolute atomic E-state index is 0.330. The van der Waals surface area contributed by atoms with Crippen LogP contribution in [0.25, 0.3) is 11.1 Å². The highest BCUT2D eigenvalue weighted by atomic mass is 32.1. The van der Waals surface area contributed by atoms with Crippen LogP contribution in [-0.2, 0) is 6.54 Å². The molecular formula is C8H8N2OS. The maximum atomic E-state index is 5.38. The summed E-state index contributed by atoms with van der Waals surface area (Å²) in [6.45, 7) is 0.330. The third-order valence-corrected chi connectivity index (χ3v) is 1.87. The number of nitrogens with two attached hydrogens (primary N) is 1. The summed E-state index contributed by atoms with van der Waals surface area (Å²) in [7, 11) is 0. The van der Waals surface area contributed by atoms with E-state index in [1.165, 1.54) is 0 Å². The highest BCUT2D eigenvalue weighted by Gasteiger charge is 2.02. The fourth-order valence-corrected chi connectivity index (χ4v) is 1.25. The molecule has 0 bridgehead atoms. The van der Waals surface area contributed by atoms with Gasteiger partial charge in [-0.05, 0) is 18.2 Å². The molecule has 0 saturated carbocycles. The Kier molecular flexibility index (Phi) is 1.78. The highest BCUT2D eigenvalue weighted by Crippen LogP contribution is 2.18. The van der Waals surface area contributed by atoms with Crippen LogP contribution >= 0.6 is 12.6 Å². The van der Waals surface area contributed by atoms with Crippen molar-refractivity contribution in [2.24, 2.45) is 5.73 Å². The summed E-state index contributed by atoms with van der Waals surface area (Å²) < 4.78 is 5.30. The summed E-state index contributed by atoms with van der Waals surface area (Å²) in [6, 6.07) is 5.54. The van der Waals surface area contributed by atoms with Gasteiger partial charge in [0.1, 0.15) is 5.52 Å². The average molecular weight is 180 g/mol. The number of oxazole rings is 1. The maximum Gasteiger partial charge on any atom is 0.209 e. The van der Waals surface area contributed by atoms with E-state index in [9.17, 15) is 0 Å². The van der Waals surface area contributed by atoms with Gasteiger partial charge in [0.2, 0.25) is 5.89 Å². The first-order chi connectivity index (χ1) is 5.79. The Bertz CT molecular complexity index is 410. The van der Waals surface area contributed by atoms with E-state index >= 15 is 0 Å². The topological polar surface area (TPSA) is 52.0 Å². The lowest BCUT2D eigenvalue weighted by Gasteiger charge is -1.86. The summed E-state index contributed by atoms with van der Waals surface area (Å²) in [4.78, 5) is 5.03. The molecule has 0 unspecified atom stereocenters. The van der Waals surface area contributed by atoms with Crippen LogP contribution in [-0.4, -0.2) is 4.98 Å². The van der Waals surface area contributed by atoms with Crippen LogP contribution in [0.1, 0.15) is 5.89 Å². The van der Waals surface area contributed by atoms with E-state index in [4.69, 9.17) is 10.2 Å². The van der Waals surface area contributed by atoms with Gasteiger partial charge in [-0.3, -0.25) is 0 Å². The maximum absolute atomic E-state index is 5.38.